The van der Waals surface area contributed by atoms with E-state index in [0.717, 1.165) is 0 Å². The molecule has 1 saturated heterocycles. The molecule has 1 unspecified atom stereocenters. The van der Waals surface area contributed by atoms with Crippen molar-refractivity contribution in [3.8, 4) is 0 Å². The van der Waals surface area contributed by atoms with Gasteiger partial charge in [0.25, 0.3) is 0 Å². The normalized spacial score (nSPS) is 20.7. The lowest BCUT2D eigenvalue weighted by Crippen LogP contribution is -2.40. The summed E-state index contributed by atoms with van der Waals surface area (Å²) in [5.74, 6) is 0.168. The van der Waals surface area contributed by atoms with Crippen molar-refractivity contribution < 1.29 is 13.2 Å². The van der Waals surface area contributed by atoms with E-state index in [1.54, 1.807) is 19.1 Å². The molecular weight excluding hydrogens is 333 g/mol. The van der Waals surface area contributed by atoms with Gasteiger partial charge >= 0.3 is 0 Å². The van der Waals surface area contributed by atoms with E-state index in [0.29, 0.717) is 35.1 Å². The van der Waals surface area contributed by atoms with Crippen LogP contribution in [-0.4, -0.2) is 49.7 Å². The lowest BCUT2D eigenvalue weighted by molar-refractivity contribution is 0.0848. The maximum atomic E-state index is 12.5. The number of nitrogens with zero attached hydrogens (tertiary/aromatic N) is 1. The Labute approximate surface area is 134 Å². The summed E-state index contributed by atoms with van der Waals surface area (Å²) in [6.45, 7) is 2.75. The van der Waals surface area contributed by atoms with Gasteiger partial charge in [-0.05, 0) is 38.1 Å². The molecule has 0 saturated carbocycles. The molecule has 2 rings (SSSR count). The molecule has 0 radical (unpaired) electrons. The molecular formula is C14H17Cl2NO3S. The van der Waals surface area contributed by atoms with Gasteiger partial charge < -0.3 is 0 Å². The number of ketones is 1. The number of hydrogen-bond acceptors (Lipinski definition) is 4. The Kier molecular flexibility index (Phi) is 5.30. The zero-order valence-electron chi connectivity index (χ0n) is 11.7. The second kappa shape index (κ2) is 6.65. The van der Waals surface area contributed by atoms with Gasteiger partial charge in [0.1, 0.15) is 0 Å². The first-order valence-electron chi connectivity index (χ1n) is 6.74. The first-order valence-corrected chi connectivity index (χ1v) is 9.31. The lowest BCUT2D eigenvalue weighted by Gasteiger charge is -2.26. The van der Waals surface area contributed by atoms with Crippen molar-refractivity contribution in [1.82, 2.24) is 4.90 Å². The van der Waals surface area contributed by atoms with Gasteiger partial charge in [0.05, 0.1) is 22.6 Å². The van der Waals surface area contributed by atoms with Crippen LogP contribution in [0, 0.1) is 0 Å². The highest BCUT2D eigenvalue weighted by Crippen LogP contribution is 2.23. The highest BCUT2D eigenvalue weighted by molar-refractivity contribution is 7.91. The van der Waals surface area contributed by atoms with Crippen LogP contribution in [0.1, 0.15) is 23.7 Å². The summed E-state index contributed by atoms with van der Waals surface area (Å²) >= 11 is 11.9. The Hall–Kier alpha value is -0.620. The Morgan fingerprint density at radius 1 is 1.24 bits per heavy atom. The van der Waals surface area contributed by atoms with Crippen molar-refractivity contribution in [1.29, 1.82) is 0 Å². The van der Waals surface area contributed by atoms with Crippen LogP contribution in [0.4, 0.5) is 0 Å². The van der Waals surface area contributed by atoms with Crippen molar-refractivity contribution in [3.63, 3.8) is 0 Å². The number of benzene rings is 1. The molecule has 0 aromatic heterocycles. The summed E-state index contributed by atoms with van der Waals surface area (Å²) in [5.41, 5.74) is 0.417. The quantitative estimate of drug-likeness (QED) is 0.787. The van der Waals surface area contributed by atoms with Crippen LogP contribution in [0.25, 0.3) is 0 Å². The van der Waals surface area contributed by atoms with Gasteiger partial charge in [0.2, 0.25) is 0 Å². The standard InChI is InChI=1S/C14H17Cl2NO3S/c1-10(17-5-2-7-21(19,20)8-6-17)14(18)12-4-3-11(15)9-13(12)16/h3-4,9-10H,2,5-8H2,1H3. The second-order valence-electron chi connectivity index (χ2n) is 5.21. The monoisotopic (exact) mass is 349 g/mol. The Bertz CT molecular complexity index is 646. The first kappa shape index (κ1) is 16.7. The van der Waals surface area contributed by atoms with E-state index < -0.39 is 15.9 Å². The zero-order valence-corrected chi connectivity index (χ0v) is 14.0. The van der Waals surface area contributed by atoms with Crippen molar-refractivity contribution in [2.75, 3.05) is 24.6 Å². The summed E-state index contributed by atoms with van der Waals surface area (Å²) in [6.07, 6.45) is 0.550. The van der Waals surface area contributed by atoms with Gasteiger partial charge in [0, 0.05) is 17.1 Å². The van der Waals surface area contributed by atoms with E-state index >= 15 is 0 Å². The van der Waals surface area contributed by atoms with Crippen LogP contribution in [0.15, 0.2) is 18.2 Å². The van der Waals surface area contributed by atoms with E-state index in [-0.39, 0.29) is 17.3 Å². The van der Waals surface area contributed by atoms with Crippen molar-refractivity contribution in [3.05, 3.63) is 33.8 Å². The first-order chi connectivity index (χ1) is 9.80. The van der Waals surface area contributed by atoms with E-state index in [9.17, 15) is 13.2 Å². The van der Waals surface area contributed by atoms with Gasteiger partial charge in [-0.3, -0.25) is 9.69 Å². The minimum absolute atomic E-state index is 0.0962. The third-order valence-electron chi connectivity index (χ3n) is 3.71. The predicted molar refractivity (Wildman–Crippen MR) is 85.1 cm³/mol. The highest BCUT2D eigenvalue weighted by Gasteiger charge is 2.27. The molecule has 1 fully saturated rings. The van der Waals surface area contributed by atoms with Crippen LogP contribution in [-0.2, 0) is 9.84 Å². The van der Waals surface area contributed by atoms with E-state index in [2.05, 4.69) is 0 Å². The molecule has 1 atom stereocenters. The van der Waals surface area contributed by atoms with Gasteiger partial charge in [-0.1, -0.05) is 23.2 Å². The molecule has 1 aromatic rings. The van der Waals surface area contributed by atoms with Crippen LogP contribution in [0.3, 0.4) is 0 Å². The topological polar surface area (TPSA) is 54.5 Å². The van der Waals surface area contributed by atoms with Gasteiger partial charge in [-0.25, -0.2) is 8.42 Å². The summed E-state index contributed by atoms with van der Waals surface area (Å²) in [4.78, 5) is 14.4. The number of carbonyl (C=O) groups excluding carboxylic acids is 1. The fourth-order valence-corrected chi connectivity index (χ4v) is 4.21. The number of halogens is 2. The largest absolute Gasteiger partial charge is 0.292 e. The minimum atomic E-state index is -2.99. The van der Waals surface area contributed by atoms with E-state index in [1.165, 1.54) is 6.07 Å². The number of sulfone groups is 1. The number of rotatable bonds is 3. The van der Waals surface area contributed by atoms with E-state index in [4.69, 9.17) is 23.2 Å². The van der Waals surface area contributed by atoms with Crippen molar-refractivity contribution >= 4 is 38.8 Å². The molecule has 116 valence electrons. The summed E-state index contributed by atoms with van der Waals surface area (Å²) in [7, 11) is -2.99. The molecule has 7 heteroatoms. The summed E-state index contributed by atoms with van der Waals surface area (Å²) in [6, 6.07) is 4.37. The number of carbonyl (C=O) groups is 1. The molecule has 1 aromatic carbocycles. The number of hydrogen-bond donors (Lipinski definition) is 0. The summed E-state index contributed by atoms with van der Waals surface area (Å²) < 4.78 is 23.2. The fourth-order valence-electron chi connectivity index (χ4n) is 2.43. The smallest absolute Gasteiger partial charge is 0.181 e. The Morgan fingerprint density at radius 3 is 2.62 bits per heavy atom. The van der Waals surface area contributed by atoms with E-state index in [1.807, 2.05) is 4.90 Å². The van der Waals surface area contributed by atoms with Crippen LogP contribution >= 0.6 is 23.2 Å². The molecule has 1 aliphatic heterocycles. The average Bonchev–Trinajstić information content (AvgIpc) is 2.58. The van der Waals surface area contributed by atoms with Gasteiger partial charge in [-0.2, -0.15) is 0 Å². The molecule has 0 amide bonds. The predicted octanol–water partition coefficient (Wildman–Crippen LogP) is 2.69. The fraction of sp³-hybridized carbons (Fsp3) is 0.500. The maximum absolute atomic E-state index is 12.5. The third kappa shape index (κ3) is 4.19. The average molecular weight is 350 g/mol. The Balaban J connectivity index is 2.15. The second-order valence-corrected chi connectivity index (χ2v) is 8.35. The molecule has 4 nitrogen and oxygen atoms in total. The van der Waals surface area contributed by atoms with Crippen molar-refractivity contribution in [2.45, 2.75) is 19.4 Å². The molecule has 0 aliphatic carbocycles. The Morgan fingerprint density at radius 2 is 1.95 bits per heavy atom. The summed E-state index contributed by atoms with van der Waals surface area (Å²) in [5, 5.41) is 0.798. The molecule has 1 heterocycles. The maximum Gasteiger partial charge on any atom is 0.181 e. The third-order valence-corrected chi connectivity index (χ3v) is 5.98. The van der Waals surface area contributed by atoms with Crippen LogP contribution in [0.2, 0.25) is 10.0 Å². The molecule has 0 N–H and O–H groups in total. The van der Waals surface area contributed by atoms with Gasteiger partial charge in [0.15, 0.2) is 15.6 Å². The van der Waals surface area contributed by atoms with Crippen molar-refractivity contribution in [2.24, 2.45) is 0 Å². The molecule has 0 bridgehead atoms. The lowest BCUT2D eigenvalue weighted by atomic mass is 10.0. The minimum Gasteiger partial charge on any atom is -0.292 e. The number of Topliss-reactive ketones (excluding diaryl/α,β-unsaturated/α-hetero) is 1. The van der Waals surface area contributed by atoms with Gasteiger partial charge in [-0.15, -0.1) is 0 Å². The molecule has 1 aliphatic rings. The van der Waals surface area contributed by atoms with Crippen LogP contribution in [0.5, 0.6) is 0 Å². The molecule has 21 heavy (non-hydrogen) atoms. The molecule has 0 spiro atoms. The zero-order chi connectivity index (χ0) is 15.6. The highest BCUT2D eigenvalue weighted by atomic mass is 35.5. The van der Waals surface area contributed by atoms with Crippen LogP contribution < -0.4 is 0 Å². The SMILES string of the molecule is CC(C(=O)c1ccc(Cl)cc1Cl)N1CCCS(=O)(=O)CC1.